The van der Waals surface area contributed by atoms with E-state index in [1.54, 1.807) is 56.1 Å². The van der Waals surface area contributed by atoms with Crippen LogP contribution in [0.3, 0.4) is 0 Å². The molecule has 0 amide bonds. The summed E-state index contributed by atoms with van der Waals surface area (Å²) in [7, 11) is 6.88. The number of ether oxygens (including phenoxy) is 3. The van der Waals surface area contributed by atoms with Gasteiger partial charge in [-0.1, -0.05) is 51.1 Å². The second-order valence-corrected chi connectivity index (χ2v) is 14.2. The van der Waals surface area contributed by atoms with Crippen LogP contribution in [0.4, 0.5) is 0 Å². The number of aliphatic hydroxyl groups is 1. The van der Waals surface area contributed by atoms with Crippen molar-refractivity contribution in [2.45, 2.75) is 51.1 Å². The van der Waals surface area contributed by atoms with Gasteiger partial charge in [0.05, 0.1) is 31.6 Å². The molecule has 0 aliphatic carbocycles. The van der Waals surface area contributed by atoms with Crippen molar-refractivity contribution in [1.82, 2.24) is 75.1 Å². The summed E-state index contributed by atoms with van der Waals surface area (Å²) in [5.74, 6) is 2.00. The normalized spacial score (nSPS) is 12.7. The summed E-state index contributed by atoms with van der Waals surface area (Å²) in [4.78, 5) is 15.7. The largest absolute Gasteiger partial charge is 0.411 e. The van der Waals surface area contributed by atoms with Crippen LogP contribution in [0.2, 0.25) is 0 Å². The van der Waals surface area contributed by atoms with Gasteiger partial charge in [0.2, 0.25) is 6.79 Å². The van der Waals surface area contributed by atoms with Crippen molar-refractivity contribution in [3.8, 4) is 0 Å². The van der Waals surface area contributed by atoms with Crippen LogP contribution in [0, 0.1) is 0 Å². The number of rotatable bonds is 14. The molecule has 326 valence electrons. The number of tetrazole rings is 2. The second-order valence-electron chi connectivity index (χ2n) is 13.6. The molecule has 0 fully saturated rings. The minimum absolute atomic E-state index is 0.0451. The Morgan fingerprint density at radius 1 is 0.742 bits per heavy atom. The lowest BCUT2D eigenvalue weighted by Gasteiger charge is -2.07. The van der Waals surface area contributed by atoms with Crippen molar-refractivity contribution in [1.29, 1.82) is 0 Å². The standard InChI is InChI=1S/C14H17N5O.C11H12N6O2.C10H11BrN2O2.C4H7N3O/c1-10-13-7-11(3-4-12(13)8-15-10)5-6-20-9-14-16-17-18-19(14)2;1-16-11(13-14-15-16)7-19-6-8-2-3-10-9(4-8)5-12-17(10)18;1-14-7-15-13-10-3-2-8(5-11)4-9(10)6-12-13;1-7-4(2-8)5-3-6-7/h3-4,7-8,10H,5-6,9H2,1-2H3;2-5,18H,6-7H2,1H3;2-4,6H,5,7H2,1H3;3,8H,2H2,1H3. The van der Waals surface area contributed by atoms with E-state index in [4.69, 9.17) is 24.2 Å². The Labute approximate surface area is 363 Å². The van der Waals surface area contributed by atoms with Crippen LogP contribution < -0.4 is 4.84 Å². The van der Waals surface area contributed by atoms with E-state index in [0.29, 0.717) is 43.6 Å². The quantitative estimate of drug-likeness (QED) is 0.0688. The molecule has 9 rings (SSSR count). The van der Waals surface area contributed by atoms with E-state index in [2.05, 4.69) is 103 Å². The molecule has 1 atom stereocenters. The van der Waals surface area contributed by atoms with Gasteiger partial charge >= 0.3 is 0 Å². The molecule has 0 saturated heterocycles. The molecular formula is C39H47BrN16O6. The third-order valence-electron chi connectivity index (χ3n) is 9.33. The summed E-state index contributed by atoms with van der Waals surface area (Å²) in [6.45, 7) is 4.15. The molecule has 22 nitrogen and oxygen atoms in total. The molecule has 62 heavy (non-hydrogen) atoms. The minimum atomic E-state index is -0.0451. The number of benzene rings is 3. The Bertz CT molecular complexity index is 2650. The zero-order chi connectivity index (χ0) is 43.8. The summed E-state index contributed by atoms with van der Waals surface area (Å²) in [6, 6.07) is 18.4. The first kappa shape index (κ1) is 45.0. The Kier molecular flexibility index (Phi) is 16.2. The molecule has 5 aromatic heterocycles. The summed E-state index contributed by atoms with van der Waals surface area (Å²) in [5, 5.41) is 54.5. The summed E-state index contributed by atoms with van der Waals surface area (Å²) in [6.07, 6.45) is 7.61. The Morgan fingerprint density at radius 3 is 2.08 bits per heavy atom. The number of alkyl halides is 1. The van der Waals surface area contributed by atoms with Crippen molar-refractivity contribution < 1.29 is 29.4 Å². The molecule has 0 bridgehead atoms. The number of hydrogen-bond donors (Lipinski definition) is 2. The highest BCUT2D eigenvalue weighted by Gasteiger charge is 2.14. The van der Waals surface area contributed by atoms with Crippen molar-refractivity contribution in [2.24, 2.45) is 26.1 Å². The van der Waals surface area contributed by atoms with Gasteiger partial charge in [-0.3, -0.25) is 9.67 Å². The van der Waals surface area contributed by atoms with Gasteiger partial charge in [0, 0.05) is 50.6 Å². The Hall–Kier alpha value is -6.53. The first-order chi connectivity index (χ1) is 30.2. The predicted molar refractivity (Wildman–Crippen MR) is 227 cm³/mol. The topological polar surface area (TPSA) is 243 Å². The molecule has 6 heterocycles. The zero-order valence-corrected chi connectivity index (χ0v) is 36.4. The predicted octanol–water partition coefficient (Wildman–Crippen LogP) is 3.25. The Morgan fingerprint density at radius 2 is 1.42 bits per heavy atom. The Balaban J connectivity index is 0.000000144. The summed E-state index contributed by atoms with van der Waals surface area (Å²) in [5.41, 5.74) is 7.63. The van der Waals surface area contributed by atoms with E-state index < -0.39 is 0 Å². The third-order valence-corrected chi connectivity index (χ3v) is 9.97. The van der Waals surface area contributed by atoms with Gasteiger partial charge in [-0.25, -0.2) is 14.3 Å². The number of aliphatic imine (C=N–C) groups is 1. The molecule has 0 spiro atoms. The molecule has 23 heteroatoms. The van der Waals surface area contributed by atoms with Gasteiger partial charge in [-0.05, 0) is 86.3 Å². The molecule has 3 aromatic carbocycles. The van der Waals surface area contributed by atoms with E-state index in [9.17, 15) is 5.21 Å². The van der Waals surface area contributed by atoms with Gasteiger partial charge in [-0.2, -0.15) is 5.10 Å². The van der Waals surface area contributed by atoms with Crippen molar-refractivity contribution in [2.75, 3.05) is 20.5 Å². The van der Waals surface area contributed by atoms with Crippen LogP contribution in [-0.2, 0) is 73.5 Å². The maximum Gasteiger partial charge on any atom is 0.216 e. The van der Waals surface area contributed by atoms with Gasteiger partial charge in [-0.15, -0.1) is 25.2 Å². The maximum atomic E-state index is 9.38. The molecule has 1 unspecified atom stereocenters. The molecule has 1 aliphatic rings. The highest BCUT2D eigenvalue weighted by molar-refractivity contribution is 9.08. The number of hydrogen-bond acceptors (Lipinski definition) is 17. The monoisotopic (exact) mass is 914 g/mol. The van der Waals surface area contributed by atoms with E-state index in [1.165, 1.54) is 38.1 Å². The van der Waals surface area contributed by atoms with Crippen LogP contribution in [0.15, 0.2) is 78.3 Å². The zero-order valence-electron chi connectivity index (χ0n) is 34.8. The lowest BCUT2D eigenvalue weighted by molar-refractivity contribution is -0.0464. The molecular weight excluding hydrogens is 868 g/mol. The van der Waals surface area contributed by atoms with Crippen LogP contribution in [0.1, 0.15) is 58.3 Å². The first-order valence-corrected chi connectivity index (χ1v) is 20.3. The number of methoxy groups -OCH3 is 1. The number of nitrogens with zero attached hydrogens (tertiary/aromatic N) is 16. The average molecular weight is 916 g/mol. The lowest BCUT2D eigenvalue weighted by Crippen LogP contribution is -2.14. The van der Waals surface area contributed by atoms with Gasteiger partial charge in [0.25, 0.3) is 0 Å². The first-order valence-electron chi connectivity index (χ1n) is 19.2. The fourth-order valence-corrected chi connectivity index (χ4v) is 6.20. The van der Waals surface area contributed by atoms with Crippen LogP contribution in [0.5, 0.6) is 0 Å². The SMILES string of the molecule is CC1N=Cc2ccc(CCOCc3nnnn3C)cc21.COCOn1ncc2cc(CBr)ccc21.Cn1ncnc1CO.Cn1nnnc1COCc1ccc2c(cnn2O)c1. The van der Waals surface area contributed by atoms with Gasteiger partial charge in [0.15, 0.2) is 17.5 Å². The average Bonchev–Trinajstić information content (AvgIpc) is 4.17. The molecule has 0 saturated carbocycles. The number of aromatic nitrogens is 15. The highest BCUT2D eigenvalue weighted by atomic mass is 79.9. The maximum absolute atomic E-state index is 9.38. The summed E-state index contributed by atoms with van der Waals surface area (Å²) < 4.78 is 20.7. The number of aliphatic hydroxyl groups excluding tert-OH is 1. The number of aryl methyl sites for hydroxylation is 3. The van der Waals surface area contributed by atoms with Crippen molar-refractivity contribution in [3.05, 3.63) is 119 Å². The smallest absolute Gasteiger partial charge is 0.216 e. The molecule has 8 aromatic rings. The van der Waals surface area contributed by atoms with E-state index >= 15 is 0 Å². The van der Waals surface area contributed by atoms with Gasteiger partial charge < -0.3 is 29.4 Å². The van der Waals surface area contributed by atoms with Gasteiger partial charge in [0.1, 0.15) is 37.2 Å². The number of halogens is 1. The fourth-order valence-electron chi connectivity index (χ4n) is 5.85. The highest BCUT2D eigenvalue weighted by Crippen LogP contribution is 2.27. The van der Waals surface area contributed by atoms with E-state index in [-0.39, 0.29) is 19.4 Å². The van der Waals surface area contributed by atoms with Crippen LogP contribution in [-0.4, -0.2) is 112 Å². The number of fused-ring (bicyclic) bond motifs is 3. The van der Waals surface area contributed by atoms with Crippen molar-refractivity contribution in [3.63, 3.8) is 0 Å². The van der Waals surface area contributed by atoms with Crippen LogP contribution in [0.25, 0.3) is 21.8 Å². The van der Waals surface area contributed by atoms with E-state index in [1.807, 2.05) is 30.5 Å². The summed E-state index contributed by atoms with van der Waals surface area (Å²) >= 11 is 3.41. The third kappa shape index (κ3) is 12.1. The second kappa shape index (κ2) is 22.4. The van der Waals surface area contributed by atoms with E-state index in [0.717, 1.165) is 44.3 Å². The minimum Gasteiger partial charge on any atom is -0.411 e. The fraction of sp³-hybridized carbons (Fsp3) is 0.359. The van der Waals surface area contributed by atoms with Crippen molar-refractivity contribution >= 4 is 44.0 Å². The lowest BCUT2D eigenvalue weighted by atomic mass is 10.0. The molecule has 1 aliphatic heterocycles. The molecule has 0 radical (unpaired) electrons. The van der Waals surface area contributed by atoms with Crippen LogP contribution >= 0.6 is 15.9 Å². The molecule has 2 N–H and O–H groups in total.